The Kier molecular flexibility index (Phi) is 5.47. The Morgan fingerprint density at radius 2 is 2.11 bits per heavy atom. The van der Waals surface area contributed by atoms with Crippen molar-refractivity contribution in [2.24, 2.45) is 5.92 Å². The molecule has 28 heavy (non-hydrogen) atoms. The first-order valence-electron chi connectivity index (χ1n) is 9.25. The number of benzene rings is 1. The van der Waals surface area contributed by atoms with Crippen LogP contribution in [0, 0.1) is 31.1 Å². The number of carbonyl (C=O) groups is 1. The zero-order chi connectivity index (χ0) is 20.4. The molecule has 1 amide bonds. The normalized spacial score (nSPS) is 12.1. The van der Waals surface area contributed by atoms with Crippen molar-refractivity contribution in [1.29, 1.82) is 5.26 Å². The third-order valence-corrected chi connectivity index (χ3v) is 4.63. The minimum Gasteiger partial charge on any atom is -0.396 e. The summed E-state index contributed by atoms with van der Waals surface area (Å²) in [6.07, 6.45) is 0. The van der Waals surface area contributed by atoms with E-state index in [9.17, 15) is 15.2 Å². The zero-order valence-corrected chi connectivity index (χ0v) is 16.5. The van der Waals surface area contributed by atoms with E-state index in [1.54, 1.807) is 22.9 Å². The van der Waals surface area contributed by atoms with Gasteiger partial charge in [-0.3, -0.25) is 14.8 Å². The van der Waals surface area contributed by atoms with Gasteiger partial charge in [0.1, 0.15) is 5.69 Å². The molecule has 3 aromatic rings. The predicted molar refractivity (Wildman–Crippen MR) is 106 cm³/mol. The number of fused-ring (bicyclic) bond motifs is 1. The highest BCUT2D eigenvalue weighted by Crippen LogP contribution is 2.26. The number of rotatable bonds is 6. The van der Waals surface area contributed by atoms with Gasteiger partial charge in [0.15, 0.2) is 0 Å². The number of nitrogens with one attached hydrogen (secondary N) is 1. The van der Waals surface area contributed by atoms with E-state index in [2.05, 4.69) is 21.5 Å². The Bertz CT molecular complexity index is 1070. The van der Waals surface area contributed by atoms with Crippen LogP contribution in [0.2, 0.25) is 0 Å². The van der Waals surface area contributed by atoms with Crippen molar-refractivity contribution in [3.8, 4) is 6.07 Å². The molecule has 0 bridgehead atoms. The van der Waals surface area contributed by atoms with Crippen LogP contribution in [0.3, 0.4) is 0 Å². The molecule has 0 aliphatic heterocycles. The molecule has 0 aliphatic rings. The van der Waals surface area contributed by atoms with Gasteiger partial charge < -0.3 is 9.67 Å². The van der Waals surface area contributed by atoms with Gasteiger partial charge in [0, 0.05) is 19.7 Å². The Morgan fingerprint density at radius 3 is 2.75 bits per heavy atom. The lowest BCUT2D eigenvalue weighted by Crippen LogP contribution is -2.21. The monoisotopic (exact) mass is 380 g/mol. The predicted octanol–water partition coefficient (Wildman–Crippen LogP) is 2.62. The van der Waals surface area contributed by atoms with Gasteiger partial charge in [0.25, 0.3) is 5.91 Å². The third kappa shape index (κ3) is 3.62. The maximum absolute atomic E-state index is 12.9. The Balaban J connectivity index is 2.08. The van der Waals surface area contributed by atoms with Crippen LogP contribution < -0.4 is 5.32 Å². The molecule has 1 atom stereocenters. The molecule has 0 unspecified atom stereocenters. The van der Waals surface area contributed by atoms with Crippen molar-refractivity contribution >= 4 is 22.9 Å². The van der Waals surface area contributed by atoms with Crippen LogP contribution in [-0.4, -0.2) is 37.0 Å². The number of nitrogens with zero attached hydrogens (tertiary/aromatic N) is 5. The van der Waals surface area contributed by atoms with Gasteiger partial charge in [-0.05, 0) is 50.5 Å². The lowest BCUT2D eigenvalue weighted by molar-refractivity contribution is 0.101. The number of anilines is 1. The van der Waals surface area contributed by atoms with Crippen LogP contribution in [0.5, 0.6) is 0 Å². The fourth-order valence-electron chi connectivity index (χ4n) is 3.32. The van der Waals surface area contributed by atoms with Crippen molar-refractivity contribution in [3.63, 3.8) is 0 Å². The van der Waals surface area contributed by atoms with Crippen molar-refractivity contribution in [2.45, 2.75) is 40.8 Å². The van der Waals surface area contributed by atoms with Crippen LogP contribution in [0.25, 0.3) is 11.0 Å². The van der Waals surface area contributed by atoms with Gasteiger partial charge in [0.05, 0.1) is 28.4 Å². The third-order valence-electron chi connectivity index (χ3n) is 4.63. The minimum absolute atomic E-state index is 0.0180. The summed E-state index contributed by atoms with van der Waals surface area (Å²) < 4.78 is 3.54. The van der Waals surface area contributed by atoms with E-state index in [1.807, 2.05) is 32.3 Å². The van der Waals surface area contributed by atoms with Crippen LogP contribution in [0.1, 0.15) is 41.2 Å². The first-order valence-corrected chi connectivity index (χ1v) is 9.25. The number of nitriles is 1. The summed E-state index contributed by atoms with van der Waals surface area (Å²) in [4.78, 5) is 17.4. The van der Waals surface area contributed by atoms with Crippen LogP contribution in [0.4, 0.5) is 5.95 Å². The molecule has 8 heteroatoms. The molecule has 2 heterocycles. The SMILES string of the molecule is CCn1nc(C)cc1C(=O)Nc1nc2cc(C#N)cc(C)c2n1C[C@@H](C)CO. The smallest absolute Gasteiger partial charge is 0.276 e. The number of hydrogen-bond acceptors (Lipinski definition) is 5. The minimum atomic E-state index is -0.297. The lowest BCUT2D eigenvalue weighted by atomic mass is 10.1. The van der Waals surface area contributed by atoms with E-state index in [1.165, 1.54) is 0 Å². The second-order valence-electron chi connectivity index (χ2n) is 7.05. The van der Waals surface area contributed by atoms with Gasteiger partial charge in [-0.1, -0.05) is 6.92 Å². The molecular weight excluding hydrogens is 356 g/mol. The highest BCUT2D eigenvalue weighted by molar-refractivity contribution is 6.03. The summed E-state index contributed by atoms with van der Waals surface area (Å²) >= 11 is 0. The molecule has 1 aromatic carbocycles. The summed E-state index contributed by atoms with van der Waals surface area (Å²) in [5.41, 5.74) is 4.11. The average molecular weight is 380 g/mol. The molecule has 2 N–H and O–H groups in total. The average Bonchev–Trinajstić information content (AvgIpc) is 3.21. The molecule has 8 nitrogen and oxygen atoms in total. The second-order valence-corrected chi connectivity index (χ2v) is 7.05. The van der Waals surface area contributed by atoms with E-state index in [0.717, 1.165) is 16.8 Å². The number of aromatic nitrogens is 4. The number of aliphatic hydroxyl groups excluding tert-OH is 1. The zero-order valence-electron chi connectivity index (χ0n) is 16.5. The quantitative estimate of drug-likeness (QED) is 0.683. The summed E-state index contributed by atoms with van der Waals surface area (Å²) in [7, 11) is 0. The van der Waals surface area contributed by atoms with Gasteiger partial charge in [-0.2, -0.15) is 10.4 Å². The van der Waals surface area contributed by atoms with Crippen molar-refractivity contribution < 1.29 is 9.90 Å². The number of hydrogen-bond donors (Lipinski definition) is 2. The largest absolute Gasteiger partial charge is 0.396 e. The highest BCUT2D eigenvalue weighted by atomic mass is 16.3. The lowest BCUT2D eigenvalue weighted by Gasteiger charge is -2.15. The summed E-state index contributed by atoms with van der Waals surface area (Å²) in [6.45, 7) is 8.69. The molecule has 2 aromatic heterocycles. The fourth-order valence-corrected chi connectivity index (χ4v) is 3.32. The Labute approximate surface area is 163 Å². The molecule has 0 spiro atoms. The van der Waals surface area contributed by atoms with E-state index < -0.39 is 0 Å². The maximum atomic E-state index is 12.9. The molecular formula is C20H24N6O2. The molecule has 0 saturated carbocycles. The molecule has 146 valence electrons. The molecule has 0 saturated heterocycles. The van der Waals surface area contributed by atoms with Gasteiger partial charge >= 0.3 is 0 Å². The summed E-state index contributed by atoms with van der Waals surface area (Å²) in [5, 5.41) is 25.9. The first kappa shape index (κ1) is 19.6. The molecule has 0 radical (unpaired) electrons. The fraction of sp³-hybridized carbons (Fsp3) is 0.400. The standard InChI is InChI=1S/C20H24N6O2/c1-5-26-17(7-14(4)24-26)19(28)23-20-22-16-8-15(9-21)6-13(3)18(16)25(20)10-12(2)11-27/h6-8,12,27H,5,10-11H2,1-4H3,(H,22,23,28)/t12-/m1/s1. The first-order chi connectivity index (χ1) is 13.4. The Morgan fingerprint density at radius 1 is 1.36 bits per heavy atom. The number of carbonyl (C=O) groups excluding carboxylic acids is 1. The van der Waals surface area contributed by atoms with Crippen molar-refractivity contribution in [3.05, 3.63) is 40.7 Å². The summed E-state index contributed by atoms with van der Waals surface area (Å²) in [6, 6.07) is 7.38. The van der Waals surface area contributed by atoms with Crippen molar-refractivity contribution in [2.75, 3.05) is 11.9 Å². The molecule has 0 aliphatic carbocycles. The van der Waals surface area contributed by atoms with Crippen LogP contribution >= 0.6 is 0 Å². The van der Waals surface area contributed by atoms with E-state index in [4.69, 9.17) is 0 Å². The number of imidazole rings is 1. The second kappa shape index (κ2) is 7.82. The van der Waals surface area contributed by atoms with Crippen molar-refractivity contribution in [1.82, 2.24) is 19.3 Å². The number of aryl methyl sites for hydroxylation is 3. The van der Waals surface area contributed by atoms with E-state index >= 15 is 0 Å². The molecule has 3 rings (SSSR count). The van der Waals surface area contributed by atoms with E-state index in [0.29, 0.717) is 35.8 Å². The number of aliphatic hydroxyl groups is 1. The van der Waals surface area contributed by atoms with Crippen LogP contribution in [-0.2, 0) is 13.1 Å². The van der Waals surface area contributed by atoms with Crippen LogP contribution in [0.15, 0.2) is 18.2 Å². The van der Waals surface area contributed by atoms with Gasteiger partial charge in [0.2, 0.25) is 5.95 Å². The molecule has 0 fully saturated rings. The maximum Gasteiger partial charge on any atom is 0.276 e. The van der Waals surface area contributed by atoms with Gasteiger partial charge in [-0.25, -0.2) is 4.98 Å². The topological polar surface area (TPSA) is 109 Å². The van der Waals surface area contributed by atoms with Gasteiger partial charge in [-0.15, -0.1) is 0 Å². The number of amides is 1. The highest BCUT2D eigenvalue weighted by Gasteiger charge is 2.20. The summed E-state index contributed by atoms with van der Waals surface area (Å²) in [5.74, 6) is 0.0697. The Hall–Kier alpha value is -3.18. The van der Waals surface area contributed by atoms with E-state index in [-0.39, 0.29) is 18.4 Å².